The fraction of sp³-hybridized carbons (Fsp3) is 0.348. The lowest BCUT2D eigenvalue weighted by Gasteiger charge is -2.24. The van der Waals surface area contributed by atoms with Crippen molar-refractivity contribution in [1.82, 2.24) is 9.80 Å². The summed E-state index contributed by atoms with van der Waals surface area (Å²) in [7, 11) is 3.71. The highest BCUT2D eigenvalue weighted by Crippen LogP contribution is 2.14. The van der Waals surface area contributed by atoms with Gasteiger partial charge in [-0.25, -0.2) is 0 Å². The van der Waals surface area contributed by atoms with Gasteiger partial charge >= 0.3 is 0 Å². The average molecular weight is 385 g/mol. The molecule has 1 rings (SSSR count). The van der Waals surface area contributed by atoms with E-state index in [1.807, 2.05) is 43.3 Å². The highest BCUT2D eigenvalue weighted by Gasteiger charge is 2.10. The molecule has 0 aromatic heterocycles. The van der Waals surface area contributed by atoms with E-state index in [0.717, 1.165) is 24.3 Å². The smallest absolute Gasteiger partial charge is 0.222 e. The lowest BCUT2D eigenvalue weighted by Crippen LogP contribution is -2.34. The van der Waals surface area contributed by atoms with Crippen LogP contribution in [0.15, 0.2) is 73.7 Å². The molecule has 1 amide bonds. The van der Waals surface area contributed by atoms with Crippen LogP contribution in [-0.2, 0) is 11.2 Å². The third-order valence-electron chi connectivity index (χ3n) is 4.30. The van der Waals surface area contributed by atoms with Crippen molar-refractivity contribution in [1.29, 1.82) is 0 Å². The van der Waals surface area contributed by atoms with E-state index in [4.69, 9.17) is 9.84 Å². The first-order valence-electron chi connectivity index (χ1n) is 9.36. The maximum Gasteiger partial charge on any atom is 0.222 e. The Kier molecular flexibility index (Phi) is 10.3. The van der Waals surface area contributed by atoms with Gasteiger partial charge in [-0.1, -0.05) is 37.9 Å². The van der Waals surface area contributed by atoms with Crippen molar-refractivity contribution in [2.75, 3.05) is 33.8 Å². The molecule has 0 heterocycles. The second-order valence-corrected chi connectivity index (χ2v) is 6.65. The SMILES string of the molecule is C=CCOc1ccc(CCCC(=O)N(C)CCN(C)C(=C)/C=C\C(=C)O)cc1. The molecule has 0 atom stereocenters. The monoisotopic (exact) mass is 384 g/mol. The standard InChI is InChI=1S/C23H32N2O3/c1-6-18-28-22-14-12-21(13-15-22)8-7-9-23(27)25(5)17-16-24(4)19(2)10-11-20(3)26/h6,10-15,26H,1-3,7-9,16-18H2,4-5H3/b11-10-. The third kappa shape index (κ3) is 9.12. The van der Waals surface area contributed by atoms with Gasteiger partial charge in [-0.2, -0.15) is 0 Å². The summed E-state index contributed by atoms with van der Waals surface area (Å²) in [5.41, 5.74) is 1.94. The molecule has 0 radical (unpaired) electrons. The molecule has 5 heteroatoms. The molecule has 5 nitrogen and oxygen atoms in total. The van der Waals surface area contributed by atoms with Crippen LogP contribution >= 0.6 is 0 Å². The number of carbonyl (C=O) groups is 1. The summed E-state index contributed by atoms with van der Waals surface area (Å²) in [6.07, 6.45) is 7.07. The zero-order valence-electron chi connectivity index (χ0n) is 17.1. The number of benzene rings is 1. The number of rotatable bonds is 13. The van der Waals surface area contributed by atoms with E-state index in [1.165, 1.54) is 11.6 Å². The van der Waals surface area contributed by atoms with Gasteiger partial charge in [0.25, 0.3) is 0 Å². The van der Waals surface area contributed by atoms with Gasteiger partial charge in [-0.05, 0) is 42.7 Å². The van der Waals surface area contributed by atoms with Gasteiger partial charge in [-0.15, -0.1) is 0 Å². The largest absolute Gasteiger partial charge is 0.509 e. The topological polar surface area (TPSA) is 53.0 Å². The van der Waals surface area contributed by atoms with Crippen molar-refractivity contribution in [2.24, 2.45) is 0 Å². The van der Waals surface area contributed by atoms with E-state index < -0.39 is 0 Å². The number of allylic oxidation sites excluding steroid dienone is 2. The molecule has 0 unspecified atom stereocenters. The highest BCUT2D eigenvalue weighted by atomic mass is 16.5. The maximum atomic E-state index is 12.3. The van der Waals surface area contributed by atoms with Crippen molar-refractivity contribution in [3.63, 3.8) is 0 Å². The first-order chi connectivity index (χ1) is 13.3. The molecule has 152 valence electrons. The average Bonchev–Trinajstić information content (AvgIpc) is 2.69. The minimum absolute atomic E-state index is 0.0132. The number of likely N-dealkylation sites (N-methyl/N-ethyl adjacent to an activating group) is 2. The van der Waals surface area contributed by atoms with Crippen LogP contribution in [0, 0.1) is 0 Å². The summed E-state index contributed by atoms with van der Waals surface area (Å²) in [6, 6.07) is 7.94. The van der Waals surface area contributed by atoms with Gasteiger partial charge in [0.1, 0.15) is 18.1 Å². The molecule has 0 saturated carbocycles. The molecule has 1 N–H and O–H groups in total. The highest BCUT2D eigenvalue weighted by molar-refractivity contribution is 5.75. The molecule has 0 bridgehead atoms. The van der Waals surface area contributed by atoms with Crippen molar-refractivity contribution in [3.05, 3.63) is 79.2 Å². The van der Waals surface area contributed by atoms with Crippen LogP contribution in [0.2, 0.25) is 0 Å². The second-order valence-electron chi connectivity index (χ2n) is 6.65. The summed E-state index contributed by atoms with van der Waals surface area (Å²) in [4.78, 5) is 16.0. The lowest BCUT2D eigenvalue weighted by molar-refractivity contribution is -0.130. The van der Waals surface area contributed by atoms with Crippen molar-refractivity contribution < 1.29 is 14.6 Å². The molecule has 1 aromatic carbocycles. The van der Waals surface area contributed by atoms with Gasteiger partial charge in [0, 0.05) is 39.3 Å². The molecule has 0 aliphatic heterocycles. The summed E-state index contributed by atoms with van der Waals surface area (Å²) in [5.74, 6) is 0.938. The number of amides is 1. The van der Waals surface area contributed by atoms with E-state index >= 15 is 0 Å². The molecule has 28 heavy (non-hydrogen) atoms. The molecule has 0 aliphatic rings. The van der Waals surface area contributed by atoms with Crippen LogP contribution in [0.4, 0.5) is 0 Å². The lowest BCUT2D eigenvalue weighted by atomic mass is 10.1. The van der Waals surface area contributed by atoms with E-state index in [2.05, 4.69) is 19.7 Å². The van der Waals surface area contributed by atoms with Crippen LogP contribution in [0.5, 0.6) is 5.75 Å². The number of hydrogen-bond acceptors (Lipinski definition) is 4. The van der Waals surface area contributed by atoms with Crippen LogP contribution in [0.1, 0.15) is 18.4 Å². The molecule has 0 fully saturated rings. The van der Waals surface area contributed by atoms with E-state index in [0.29, 0.717) is 26.1 Å². The Hall–Kier alpha value is -2.95. The third-order valence-corrected chi connectivity index (χ3v) is 4.30. The number of nitrogens with zero attached hydrogens (tertiary/aromatic N) is 2. The van der Waals surface area contributed by atoms with Crippen LogP contribution in [0.3, 0.4) is 0 Å². The molecular weight excluding hydrogens is 352 g/mol. The zero-order valence-corrected chi connectivity index (χ0v) is 17.1. The molecule has 0 aliphatic carbocycles. The predicted octanol–water partition coefficient (Wildman–Crippen LogP) is 4.11. The van der Waals surface area contributed by atoms with Crippen LogP contribution < -0.4 is 4.74 Å². The van der Waals surface area contributed by atoms with Crippen LogP contribution in [0.25, 0.3) is 0 Å². The number of aliphatic hydroxyl groups excluding tert-OH is 1. The summed E-state index contributed by atoms with van der Waals surface area (Å²) >= 11 is 0. The number of aryl methyl sites for hydroxylation is 1. The normalized spacial score (nSPS) is 10.5. The van der Waals surface area contributed by atoms with Gasteiger partial charge < -0.3 is 19.6 Å². The van der Waals surface area contributed by atoms with Gasteiger partial charge in [0.2, 0.25) is 5.91 Å². The summed E-state index contributed by atoms with van der Waals surface area (Å²) < 4.78 is 5.46. The minimum Gasteiger partial charge on any atom is -0.509 e. The minimum atomic E-state index is -0.0132. The van der Waals surface area contributed by atoms with Crippen LogP contribution in [-0.4, -0.2) is 54.6 Å². The number of carbonyl (C=O) groups excluding carboxylic acids is 1. The quantitative estimate of drug-likeness (QED) is 0.316. The molecule has 0 saturated heterocycles. The Morgan fingerprint density at radius 1 is 1.11 bits per heavy atom. The Morgan fingerprint density at radius 3 is 2.36 bits per heavy atom. The van der Waals surface area contributed by atoms with E-state index in [1.54, 1.807) is 17.1 Å². The summed E-state index contributed by atoms with van der Waals surface area (Å²) in [5, 5.41) is 9.08. The second kappa shape index (κ2) is 12.4. The predicted molar refractivity (Wildman–Crippen MR) is 115 cm³/mol. The van der Waals surface area contributed by atoms with Crippen molar-refractivity contribution >= 4 is 5.91 Å². The van der Waals surface area contributed by atoms with Crippen molar-refractivity contribution in [2.45, 2.75) is 19.3 Å². The molecule has 1 aromatic rings. The number of hydrogen-bond donors (Lipinski definition) is 1. The Labute approximate surface area is 168 Å². The Balaban J connectivity index is 2.31. The van der Waals surface area contributed by atoms with Gasteiger partial charge in [0.15, 0.2) is 0 Å². The fourth-order valence-corrected chi connectivity index (χ4v) is 2.43. The Morgan fingerprint density at radius 2 is 1.75 bits per heavy atom. The van der Waals surface area contributed by atoms with Gasteiger partial charge in [-0.3, -0.25) is 4.79 Å². The van der Waals surface area contributed by atoms with Gasteiger partial charge in [0.05, 0.1) is 0 Å². The maximum absolute atomic E-state index is 12.3. The summed E-state index contributed by atoms with van der Waals surface area (Å²) in [6.45, 7) is 12.7. The zero-order chi connectivity index (χ0) is 20.9. The van der Waals surface area contributed by atoms with E-state index in [-0.39, 0.29) is 11.7 Å². The molecule has 0 spiro atoms. The molecular formula is C23H32N2O3. The fourth-order valence-electron chi connectivity index (χ4n) is 2.43. The first-order valence-corrected chi connectivity index (χ1v) is 9.36. The number of ether oxygens (including phenoxy) is 1. The van der Waals surface area contributed by atoms with Crippen molar-refractivity contribution in [3.8, 4) is 5.75 Å². The van der Waals surface area contributed by atoms with E-state index in [9.17, 15) is 4.79 Å². The number of aliphatic hydroxyl groups is 1. The first kappa shape index (κ1) is 23.1. The Bertz CT molecular complexity index is 692.